The van der Waals surface area contributed by atoms with Crippen molar-refractivity contribution in [2.75, 3.05) is 14.2 Å². The van der Waals surface area contributed by atoms with Gasteiger partial charge in [-0.1, -0.05) is 0 Å². The van der Waals surface area contributed by atoms with Crippen molar-refractivity contribution < 1.29 is 9.47 Å². The number of nitrogens with zero attached hydrogens (tertiary/aromatic N) is 2. The molecular formula is C16H23N3O2. The molecule has 0 aliphatic rings. The first-order valence-electron chi connectivity index (χ1n) is 6.96. The number of rotatable bonds is 5. The maximum Gasteiger partial charge on any atom is 0.123 e. The summed E-state index contributed by atoms with van der Waals surface area (Å²) in [5.74, 6) is 1.53. The lowest BCUT2D eigenvalue weighted by Crippen LogP contribution is -2.20. The molecule has 0 amide bonds. The molecule has 1 unspecified atom stereocenters. The summed E-state index contributed by atoms with van der Waals surface area (Å²) in [5.41, 5.74) is 10.7. The minimum atomic E-state index is -0.215. The summed E-state index contributed by atoms with van der Waals surface area (Å²) < 4.78 is 12.6. The van der Waals surface area contributed by atoms with Crippen molar-refractivity contribution in [3.8, 4) is 11.5 Å². The van der Waals surface area contributed by atoms with Gasteiger partial charge in [-0.05, 0) is 44.5 Å². The zero-order valence-electron chi connectivity index (χ0n) is 13.3. The second-order valence-corrected chi connectivity index (χ2v) is 5.19. The summed E-state index contributed by atoms with van der Waals surface area (Å²) in [6.07, 6.45) is 0. The van der Waals surface area contributed by atoms with E-state index >= 15 is 0 Å². The molecule has 2 aromatic rings. The molecule has 2 rings (SSSR count). The van der Waals surface area contributed by atoms with Gasteiger partial charge < -0.3 is 15.2 Å². The van der Waals surface area contributed by atoms with Crippen LogP contribution in [0.3, 0.4) is 0 Å². The molecule has 2 N–H and O–H groups in total. The van der Waals surface area contributed by atoms with E-state index in [1.54, 1.807) is 14.2 Å². The number of hydrogen-bond acceptors (Lipinski definition) is 4. The number of methoxy groups -OCH3 is 2. The topological polar surface area (TPSA) is 62.3 Å². The van der Waals surface area contributed by atoms with Crippen molar-refractivity contribution >= 4 is 0 Å². The fourth-order valence-corrected chi connectivity index (χ4v) is 2.38. The quantitative estimate of drug-likeness (QED) is 0.918. The highest BCUT2D eigenvalue weighted by atomic mass is 16.5. The van der Waals surface area contributed by atoms with Gasteiger partial charge in [-0.3, -0.25) is 4.68 Å². The fourth-order valence-electron chi connectivity index (χ4n) is 2.38. The highest BCUT2D eigenvalue weighted by molar-refractivity contribution is 5.42. The summed E-state index contributed by atoms with van der Waals surface area (Å²) in [6.45, 7) is 6.75. The van der Waals surface area contributed by atoms with E-state index in [1.807, 2.05) is 29.8 Å². The molecular weight excluding hydrogens is 266 g/mol. The van der Waals surface area contributed by atoms with Crippen molar-refractivity contribution in [1.82, 2.24) is 9.78 Å². The van der Waals surface area contributed by atoms with Crippen LogP contribution in [0.1, 0.15) is 28.6 Å². The van der Waals surface area contributed by atoms with E-state index in [9.17, 15) is 0 Å². The Bertz CT molecular complexity index is 635. The molecule has 0 radical (unpaired) electrons. The molecule has 1 atom stereocenters. The highest BCUT2D eigenvalue weighted by Gasteiger charge is 2.16. The number of aryl methyl sites for hydroxylation is 1. The predicted octanol–water partition coefficient (Wildman–Crippen LogP) is 2.53. The van der Waals surface area contributed by atoms with Gasteiger partial charge in [-0.15, -0.1) is 0 Å². The standard InChI is InChI=1S/C16H23N3O2/c1-10-11(2)18-19(12(10)3)9-15(17)14-8-13(20-4)6-7-16(14)21-5/h6-8,15H,9,17H2,1-5H3. The Balaban J connectivity index is 2.31. The molecule has 1 aromatic heterocycles. The van der Waals surface area contributed by atoms with Gasteiger partial charge in [0.05, 0.1) is 32.5 Å². The van der Waals surface area contributed by atoms with Crippen LogP contribution in [0, 0.1) is 20.8 Å². The van der Waals surface area contributed by atoms with Crippen molar-refractivity contribution in [3.63, 3.8) is 0 Å². The molecule has 1 aromatic carbocycles. The maximum atomic E-state index is 6.36. The highest BCUT2D eigenvalue weighted by Crippen LogP contribution is 2.29. The van der Waals surface area contributed by atoms with Gasteiger partial charge in [0, 0.05) is 11.3 Å². The lowest BCUT2D eigenvalue weighted by atomic mass is 10.1. The molecule has 0 bridgehead atoms. The lowest BCUT2D eigenvalue weighted by molar-refractivity contribution is 0.390. The summed E-state index contributed by atoms with van der Waals surface area (Å²) in [7, 11) is 3.28. The largest absolute Gasteiger partial charge is 0.497 e. The third-order valence-electron chi connectivity index (χ3n) is 3.95. The zero-order valence-corrected chi connectivity index (χ0v) is 13.3. The van der Waals surface area contributed by atoms with Crippen molar-refractivity contribution in [2.45, 2.75) is 33.4 Å². The molecule has 0 fully saturated rings. The average Bonchev–Trinajstić information content (AvgIpc) is 2.73. The van der Waals surface area contributed by atoms with Gasteiger partial charge in [-0.25, -0.2) is 0 Å². The molecule has 1 heterocycles. The Labute approximate surface area is 125 Å². The molecule has 0 aliphatic heterocycles. The van der Waals surface area contributed by atoms with Crippen LogP contribution in [0.4, 0.5) is 0 Å². The predicted molar refractivity (Wildman–Crippen MR) is 82.9 cm³/mol. The third kappa shape index (κ3) is 3.03. The van der Waals surface area contributed by atoms with E-state index in [2.05, 4.69) is 18.9 Å². The van der Waals surface area contributed by atoms with Crippen LogP contribution in [-0.4, -0.2) is 24.0 Å². The van der Waals surface area contributed by atoms with Crippen LogP contribution in [-0.2, 0) is 6.54 Å². The van der Waals surface area contributed by atoms with Gasteiger partial charge in [0.2, 0.25) is 0 Å². The molecule has 5 nitrogen and oxygen atoms in total. The summed E-state index contributed by atoms with van der Waals surface area (Å²) in [4.78, 5) is 0. The fraction of sp³-hybridized carbons (Fsp3) is 0.438. The second-order valence-electron chi connectivity index (χ2n) is 5.19. The summed E-state index contributed by atoms with van der Waals surface area (Å²) >= 11 is 0. The van der Waals surface area contributed by atoms with Crippen LogP contribution in [0.15, 0.2) is 18.2 Å². The van der Waals surface area contributed by atoms with Crippen LogP contribution in [0.2, 0.25) is 0 Å². The van der Waals surface area contributed by atoms with E-state index < -0.39 is 0 Å². The molecule has 5 heteroatoms. The Hall–Kier alpha value is -2.01. The van der Waals surface area contributed by atoms with E-state index in [1.165, 1.54) is 5.56 Å². The van der Waals surface area contributed by atoms with E-state index in [4.69, 9.17) is 15.2 Å². The van der Waals surface area contributed by atoms with Gasteiger partial charge in [0.25, 0.3) is 0 Å². The second kappa shape index (κ2) is 6.18. The number of ether oxygens (including phenoxy) is 2. The van der Waals surface area contributed by atoms with Gasteiger partial charge in [0.15, 0.2) is 0 Å². The molecule has 21 heavy (non-hydrogen) atoms. The average molecular weight is 289 g/mol. The Morgan fingerprint density at radius 1 is 1.19 bits per heavy atom. The number of nitrogens with two attached hydrogens (primary N) is 1. The Morgan fingerprint density at radius 3 is 2.43 bits per heavy atom. The smallest absolute Gasteiger partial charge is 0.123 e. The Kier molecular flexibility index (Phi) is 4.53. The summed E-state index contributed by atoms with van der Waals surface area (Å²) in [5, 5.41) is 4.54. The monoisotopic (exact) mass is 289 g/mol. The Morgan fingerprint density at radius 2 is 1.90 bits per heavy atom. The first-order valence-corrected chi connectivity index (χ1v) is 6.96. The minimum absolute atomic E-state index is 0.215. The van der Waals surface area contributed by atoms with Crippen molar-refractivity contribution in [3.05, 3.63) is 40.7 Å². The third-order valence-corrected chi connectivity index (χ3v) is 3.95. The van der Waals surface area contributed by atoms with Crippen LogP contribution in [0.5, 0.6) is 11.5 Å². The lowest BCUT2D eigenvalue weighted by Gasteiger charge is -2.17. The van der Waals surface area contributed by atoms with E-state index in [-0.39, 0.29) is 6.04 Å². The molecule has 114 valence electrons. The molecule has 0 spiro atoms. The van der Waals surface area contributed by atoms with E-state index in [0.29, 0.717) is 6.54 Å². The van der Waals surface area contributed by atoms with Gasteiger partial charge in [-0.2, -0.15) is 5.10 Å². The van der Waals surface area contributed by atoms with Crippen LogP contribution < -0.4 is 15.2 Å². The first kappa shape index (κ1) is 15.4. The number of benzene rings is 1. The number of aromatic nitrogens is 2. The van der Waals surface area contributed by atoms with Gasteiger partial charge >= 0.3 is 0 Å². The van der Waals surface area contributed by atoms with Crippen LogP contribution >= 0.6 is 0 Å². The van der Waals surface area contributed by atoms with Gasteiger partial charge in [0.1, 0.15) is 11.5 Å². The first-order chi connectivity index (χ1) is 9.97. The normalized spacial score (nSPS) is 12.3. The number of hydrogen-bond donors (Lipinski definition) is 1. The minimum Gasteiger partial charge on any atom is -0.497 e. The van der Waals surface area contributed by atoms with Crippen molar-refractivity contribution in [1.29, 1.82) is 0 Å². The van der Waals surface area contributed by atoms with Crippen LogP contribution in [0.25, 0.3) is 0 Å². The molecule has 0 saturated carbocycles. The van der Waals surface area contributed by atoms with Crippen molar-refractivity contribution in [2.24, 2.45) is 5.73 Å². The van der Waals surface area contributed by atoms with E-state index in [0.717, 1.165) is 28.5 Å². The maximum absolute atomic E-state index is 6.36. The molecule has 0 saturated heterocycles. The SMILES string of the molecule is COc1ccc(OC)c(C(N)Cn2nc(C)c(C)c2C)c1. The molecule has 0 aliphatic carbocycles. The summed E-state index contributed by atoms with van der Waals surface area (Å²) in [6, 6.07) is 5.44. The zero-order chi connectivity index (χ0) is 15.6.